The Labute approximate surface area is 129 Å². The predicted molar refractivity (Wildman–Crippen MR) is 86.1 cm³/mol. The van der Waals surface area contributed by atoms with Gasteiger partial charge in [-0.15, -0.1) is 0 Å². The summed E-state index contributed by atoms with van der Waals surface area (Å²) in [5.74, 6) is 1.41. The summed E-state index contributed by atoms with van der Waals surface area (Å²) in [5.41, 5.74) is 0. The van der Waals surface area contributed by atoms with Crippen LogP contribution in [0.3, 0.4) is 0 Å². The van der Waals surface area contributed by atoms with Crippen molar-refractivity contribution >= 4 is 9.84 Å². The quantitative estimate of drug-likeness (QED) is 0.864. The van der Waals surface area contributed by atoms with Gasteiger partial charge in [-0.1, -0.05) is 13.3 Å². The molecular formula is C16H31NO3S. The van der Waals surface area contributed by atoms with Crippen molar-refractivity contribution in [2.24, 2.45) is 17.8 Å². The summed E-state index contributed by atoms with van der Waals surface area (Å²) in [5, 5.41) is 3.34. The predicted octanol–water partition coefficient (Wildman–Crippen LogP) is 2.24. The van der Waals surface area contributed by atoms with Crippen LogP contribution in [0, 0.1) is 17.8 Å². The molecule has 1 saturated heterocycles. The second-order valence-corrected chi connectivity index (χ2v) is 9.50. The fourth-order valence-electron chi connectivity index (χ4n) is 4.55. The van der Waals surface area contributed by atoms with E-state index >= 15 is 0 Å². The van der Waals surface area contributed by atoms with E-state index in [0.717, 1.165) is 25.7 Å². The van der Waals surface area contributed by atoms with E-state index in [1.54, 1.807) is 0 Å². The Balaban J connectivity index is 2.14. The fraction of sp³-hybridized carbons (Fsp3) is 1.00. The normalized spacial score (nSPS) is 42.9. The molecule has 1 N–H and O–H groups in total. The highest BCUT2D eigenvalue weighted by atomic mass is 32.2. The molecule has 0 aromatic heterocycles. The molecule has 1 aliphatic heterocycles. The minimum Gasteiger partial charge on any atom is -0.375 e. The van der Waals surface area contributed by atoms with E-state index in [1.165, 1.54) is 6.26 Å². The topological polar surface area (TPSA) is 55.4 Å². The van der Waals surface area contributed by atoms with Gasteiger partial charge in [-0.05, 0) is 52.0 Å². The first-order chi connectivity index (χ1) is 9.75. The molecule has 7 atom stereocenters. The number of hydrogen-bond acceptors (Lipinski definition) is 4. The molecule has 7 unspecified atom stereocenters. The number of nitrogens with one attached hydrogen (secondary N) is 1. The third-order valence-corrected chi connectivity index (χ3v) is 7.49. The summed E-state index contributed by atoms with van der Waals surface area (Å²) in [6.45, 7) is 6.57. The standard InChI is InChI=1S/C16H31NO3S/c1-10-11(2)20-12(3)15(10)16(17-4)13-7-6-8-14(9-13)21(5,18)19/h10-17H,6-9H2,1-5H3. The van der Waals surface area contributed by atoms with Gasteiger partial charge in [-0.2, -0.15) is 0 Å². The van der Waals surface area contributed by atoms with Crippen LogP contribution >= 0.6 is 0 Å². The van der Waals surface area contributed by atoms with Gasteiger partial charge in [-0.25, -0.2) is 8.42 Å². The van der Waals surface area contributed by atoms with Crippen molar-refractivity contribution in [3.05, 3.63) is 0 Å². The van der Waals surface area contributed by atoms with E-state index in [9.17, 15) is 8.42 Å². The molecule has 1 aliphatic carbocycles. The fourth-order valence-corrected chi connectivity index (χ4v) is 5.74. The second kappa shape index (κ2) is 6.55. The Morgan fingerprint density at radius 1 is 1.14 bits per heavy atom. The molecule has 124 valence electrons. The van der Waals surface area contributed by atoms with Gasteiger partial charge in [0.25, 0.3) is 0 Å². The van der Waals surface area contributed by atoms with Crippen molar-refractivity contribution in [2.75, 3.05) is 13.3 Å². The molecule has 0 aromatic carbocycles. The van der Waals surface area contributed by atoms with E-state index in [2.05, 4.69) is 26.1 Å². The summed E-state index contributed by atoms with van der Waals surface area (Å²) in [4.78, 5) is 0. The van der Waals surface area contributed by atoms with Crippen LogP contribution in [0.15, 0.2) is 0 Å². The lowest BCUT2D eigenvalue weighted by atomic mass is 9.73. The number of sulfone groups is 1. The van der Waals surface area contributed by atoms with E-state index in [4.69, 9.17) is 4.74 Å². The molecule has 4 nitrogen and oxygen atoms in total. The van der Waals surface area contributed by atoms with Gasteiger partial charge in [-0.3, -0.25) is 0 Å². The van der Waals surface area contributed by atoms with Gasteiger partial charge < -0.3 is 10.1 Å². The summed E-state index contributed by atoms with van der Waals surface area (Å²) in [6, 6.07) is 0.351. The molecule has 21 heavy (non-hydrogen) atoms. The summed E-state index contributed by atoms with van der Waals surface area (Å²) in [6.07, 6.45) is 5.69. The van der Waals surface area contributed by atoms with Crippen molar-refractivity contribution < 1.29 is 13.2 Å². The van der Waals surface area contributed by atoms with Gasteiger partial charge >= 0.3 is 0 Å². The number of hydrogen-bond donors (Lipinski definition) is 1. The van der Waals surface area contributed by atoms with Crippen molar-refractivity contribution in [1.29, 1.82) is 0 Å². The molecule has 0 bridgehead atoms. The van der Waals surface area contributed by atoms with Gasteiger partial charge in [0.1, 0.15) is 9.84 Å². The highest BCUT2D eigenvalue weighted by Gasteiger charge is 2.45. The zero-order chi connectivity index (χ0) is 15.8. The molecule has 1 heterocycles. The first kappa shape index (κ1) is 17.2. The molecule has 2 aliphatic rings. The molecule has 2 rings (SSSR count). The third kappa shape index (κ3) is 3.62. The highest BCUT2D eigenvalue weighted by Crippen LogP contribution is 2.41. The minimum absolute atomic E-state index is 0.155. The number of rotatable bonds is 4. The molecule has 0 radical (unpaired) electrons. The van der Waals surface area contributed by atoms with Crippen LogP contribution in [-0.2, 0) is 14.6 Å². The van der Waals surface area contributed by atoms with Crippen molar-refractivity contribution in [2.45, 2.75) is 70.0 Å². The van der Waals surface area contributed by atoms with Crippen molar-refractivity contribution in [3.63, 3.8) is 0 Å². The lowest BCUT2D eigenvalue weighted by molar-refractivity contribution is 0.0434. The molecule has 0 amide bonds. The third-order valence-electron chi connectivity index (χ3n) is 5.85. The van der Waals surface area contributed by atoms with Gasteiger partial charge in [0.05, 0.1) is 17.5 Å². The Kier molecular flexibility index (Phi) is 5.37. The van der Waals surface area contributed by atoms with Crippen LogP contribution in [0.1, 0.15) is 46.5 Å². The SMILES string of the molecule is CNC(C1CCCC(S(C)(=O)=O)C1)C1C(C)OC(C)C1C. The monoisotopic (exact) mass is 317 g/mol. The Bertz CT molecular complexity index is 450. The molecule has 0 spiro atoms. The van der Waals surface area contributed by atoms with E-state index < -0.39 is 9.84 Å². The van der Waals surface area contributed by atoms with Crippen LogP contribution in [0.25, 0.3) is 0 Å². The van der Waals surface area contributed by atoms with Crippen molar-refractivity contribution in [1.82, 2.24) is 5.32 Å². The molecule has 1 saturated carbocycles. The zero-order valence-corrected chi connectivity index (χ0v) is 14.8. The lowest BCUT2D eigenvalue weighted by Gasteiger charge is -2.39. The summed E-state index contributed by atoms with van der Waals surface area (Å²) in [7, 11) is -0.910. The van der Waals surface area contributed by atoms with Gasteiger partial charge in [0.2, 0.25) is 0 Å². The van der Waals surface area contributed by atoms with Crippen LogP contribution in [-0.4, -0.2) is 45.2 Å². The van der Waals surface area contributed by atoms with Gasteiger partial charge in [0, 0.05) is 18.2 Å². The Hall–Kier alpha value is -0.130. The maximum atomic E-state index is 11.9. The molecule has 0 aromatic rings. The zero-order valence-electron chi connectivity index (χ0n) is 14.0. The largest absolute Gasteiger partial charge is 0.375 e. The summed E-state index contributed by atoms with van der Waals surface area (Å²) < 4.78 is 29.8. The van der Waals surface area contributed by atoms with Crippen LogP contribution in [0.2, 0.25) is 0 Å². The van der Waals surface area contributed by atoms with Crippen LogP contribution < -0.4 is 5.32 Å². The highest BCUT2D eigenvalue weighted by molar-refractivity contribution is 7.91. The van der Waals surface area contributed by atoms with Crippen LogP contribution in [0.4, 0.5) is 0 Å². The summed E-state index contributed by atoms with van der Waals surface area (Å²) >= 11 is 0. The maximum absolute atomic E-state index is 11.9. The Morgan fingerprint density at radius 3 is 2.29 bits per heavy atom. The van der Waals surface area contributed by atoms with Crippen molar-refractivity contribution in [3.8, 4) is 0 Å². The van der Waals surface area contributed by atoms with Crippen LogP contribution in [0.5, 0.6) is 0 Å². The minimum atomic E-state index is -2.92. The lowest BCUT2D eigenvalue weighted by Crippen LogP contribution is -2.47. The molecular weight excluding hydrogens is 286 g/mol. The average molecular weight is 317 g/mol. The first-order valence-corrected chi connectivity index (χ1v) is 10.2. The Morgan fingerprint density at radius 2 is 1.81 bits per heavy atom. The van der Waals surface area contributed by atoms with E-state index in [0.29, 0.717) is 23.8 Å². The number of ether oxygens (including phenoxy) is 1. The maximum Gasteiger partial charge on any atom is 0.150 e. The molecule has 2 fully saturated rings. The van der Waals surface area contributed by atoms with E-state index in [1.807, 2.05) is 7.05 Å². The molecule has 5 heteroatoms. The van der Waals surface area contributed by atoms with E-state index in [-0.39, 0.29) is 17.5 Å². The van der Waals surface area contributed by atoms with Gasteiger partial charge in [0.15, 0.2) is 0 Å². The smallest absolute Gasteiger partial charge is 0.150 e. The second-order valence-electron chi connectivity index (χ2n) is 7.18. The first-order valence-electron chi connectivity index (χ1n) is 8.27. The average Bonchev–Trinajstić information content (AvgIpc) is 2.66.